The van der Waals surface area contributed by atoms with Gasteiger partial charge < -0.3 is 13.9 Å². The number of nitrogens with zero attached hydrogens (tertiary/aromatic N) is 1. The Labute approximate surface area is 108 Å². The molecule has 1 aromatic carbocycles. The summed E-state index contributed by atoms with van der Waals surface area (Å²) in [6, 6.07) is 10.3. The van der Waals surface area contributed by atoms with Crippen LogP contribution in [0.25, 0.3) is 0 Å². The van der Waals surface area contributed by atoms with Crippen LogP contribution in [0.5, 0.6) is 0 Å². The Morgan fingerprint density at radius 1 is 1.33 bits per heavy atom. The Hall–Kier alpha value is -1.68. The number of quaternary nitrogens is 1. The molecule has 0 unspecified atom stereocenters. The van der Waals surface area contributed by atoms with Crippen molar-refractivity contribution in [2.24, 2.45) is 0 Å². The van der Waals surface area contributed by atoms with E-state index in [9.17, 15) is 4.79 Å². The Bertz CT molecular complexity index is 377. The van der Waals surface area contributed by atoms with Gasteiger partial charge in [0.1, 0.15) is 19.7 Å². The molecule has 0 radical (unpaired) electrons. The second-order valence-corrected chi connectivity index (χ2v) is 4.67. The highest BCUT2D eigenvalue weighted by Gasteiger charge is 2.16. The van der Waals surface area contributed by atoms with Crippen LogP contribution >= 0.6 is 0 Å². The molecule has 0 heterocycles. The van der Waals surface area contributed by atoms with Crippen molar-refractivity contribution < 1.29 is 18.7 Å². The number of benzene rings is 1. The van der Waals surface area contributed by atoms with Gasteiger partial charge in [-0.1, -0.05) is 36.9 Å². The maximum absolute atomic E-state index is 10.9. The Balaban J connectivity index is 0.00000289. The van der Waals surface area contributed by atoms with Crippen LogP contribution < -0.4 is 4.70 Å². The van der Waals surface area contributed by atoms with Gasteiger partial charge in [-0.2, -0.15) is 0 Å². The highest BCUT2D eigenvalue weighted by atomic mass is 19.0. The van der Waals surface area contributed by atoms with Gasteiger partial charge in [0.25, 0.3) is 0 Å². The molecule has 1 aromatic rings. The second-order valence-electron chi connectivity index (χ2n) is 4.67. The van der Waals surface area contributed by atoms with Gasteiger partial charge in [-0.05, 0) is 0 Å². The third-order valence-electron chi connectivity index (χ3n) is 2.56. The van der Waals surface area contributed by atoms with Crippen LogP contribution in [0, 0.1) is 0 Å². The summed E-state index contributed by atoms with van der Waals surface area (Å²) in [6.07, 6.45) is 1.19. The van der Waals surface area contributed by atoms with Gasteiger partial charge in [-0.15, -0.1) is 0 Å². The van der Waals surface area contributed by atoms with Crippen molar-refractivity contribution in [1.82, 2.24) is 0 Å². The monoisotopic (exact) mass is 253 g/mol. The van der Waals surface area contributed by atoms with Crippen LogP contribution in [0.15, 0.2) is 43.0 Å². The molecule has 0 fully saturated rings. The molecule has 18 heavy (non-hydrogen) atoms. The van der Waals surface area contributed by atoms with Crippen LogP contribution in [-0.4, -0.2) is 37.7 Å². The number of hydrogen-bond donors (Lipinski definition) is 0. The number of carbonyl (C=O) groups excluding carboxylic acids is 1. The van der Waals surface area contributed by atoms with Gasteiger partial charge in [0, 0.05) is 11.6 Å². The molecule has 0 aliphatic rings. The minimum atomic E-state index is -0.357. The molecule has 0 N–H and O–H groups in total. The van der Waals surface area contributed by atoms with Crippen molar-refractivity contribution in [2.75, 3.05) is 27.2 Å². The quantitative estimate of drug-likeness (QED) is 0.369. The van der Waals surface area contributed by atoms with E-state index in [1.54, 1.807) is 0 Å². The van der Waals surface area contributed by atoms with Crippen LogP contribution in [0.3, 0.4) is 0 Å². The molecule has 0 saturated carbocycles. The largest absolute Gasteiger partial charge is 1.00 e. The molecule has 0 aliphatic carbocycles. The molecule has 0 amide bonds. The minimum Gasteiger partial charge on any atom is -1.00 e. The number of rotatable bonds is 6. The molecule has 3 nitrogen and oxygen atoms in total. The van der Waals surface area contributed by atoms with Gasteiger partial charge in [-0.25, -0.2) is 4.79 Å². The number of carbonyl (C=O) groups is 1. The van der Waals surface area contributed by atoms with Crippen molar-refractivity contribution in [2.45, 2.75) is 6.54 Å². The standard InChI is InChI=1S/C14H20NO2.FH/c1-4-14(16)17-11-10-15(2,3)12-13-8-6-5-7-9-13;/h4-9H,1,10-12H2,2-3H3;1H/q+1;/p-1. The first-order valence-electron chi connectivity index (χ1n) is 5.68. The lowest BCUT2D eigenvalue weighted by Gasteiger charge is -2.29. The molecule has 0 bridgehead atoms. The first kappa shape index (κ1) is 16.3. The van der Waals surface area contributed by atoms with Crippen molar-refractivity contribution in [3.63, 3.8) is 0 Å². The first-order valence-corrected chi connectivity index (χ1v) is 5.68. The molecule has 1 rings (SSSR count). The minimum absolute atomic E-state index is 0. The summed E-state index contributed by atoms with van der Waals surface area (Å²) < 4.78 is 5.78. The summed E-state index contributed by atoms with van der Waals surface area (Å²) in [5.41, 5.74) is 1.28. The third-order valence-corrected chi connectivity index (χ3v) is 2.56. The van der Waals surface area contributed by atoms with E-state index in [-0.39, 0.29) is 10.7 Å². The summed E-state index contributed by atoms with van der Waals surface area (Å²) in [6.45, 7) is 5.49. The van der Waals surface area contributed by atoms with Crippen molar-refractivity contribution in [3.05, 3.63) is 48.6 Å². The van der Waals surface area contributed by atoms with Crippen LogP contribution in [0.1, 0.15) is 5.56 Å². The molecule has 0 aliphatic heterocycles. The normalized spacial score (nSPS) is 10.3. The fourth-order valence-corrected chi connectivity index (χ4v) is 1.61. The van der Waals surface area contributed by atoms with Crippen LogP contribution in [-0.2, 0) is 16.1 Å². The second kappa shape index (κ2) is 7.61. The lowest BCUT2D eigenvalue weighted by Crippen LogP contribution is -3.00. The Morgan fingerprint density at radius 2 is 1.94 bits per heavy atom. The van der Waals surface area contributed by atoms with Crippen molar-refractivity contribution in [1.29, 1.82) is 0 Å². The molecule has 0 spiro atoms. The van der Waals surface area contributed by atoms with Gasteiger partial charge >= 0.3 is 5.97 Å². The third kappa shape index (κ3) is 6.15. The van der Waals surface area contributed by atoms with E-state index in [1.165, 1.54) is 11.6 Å². The number of halogens is 1. The molecular formula is C14H20FNO2. The fourth-order valence-electron chi connectivity index (χ4n) is 1.61. The average Bonchev–Trinajstić information content (AvgIpc) is 2.29. The topological polar surface area (TPSA) is 26.3 Å². The summed E-state index contributed by atoms with van der Waals surface area (Å²) in [5, 5.41) is 0. The molecule has 0 saturated heterocycles. The van der Waals surface area contributed by atoms with E-state index < -0.39 is 0 Å². The van der Waals surface area contributed by atoms with Gasteiger partial charge in [-0.3, -0.25) is 0 Å². The van der Waals surface area contributed by atoms with Crippen molar-refractivity contribution >= 4 is 5.97 Å². The Morgan fingerprint density at radius 3 is 2.50 bits per heavy atom. The van der Waals surface area contributed by atoms with E-state index in [0.717, 1.165) is 17.6 Å². The van der Waals surface area contributed by atoms with Gasteiger partial charge in [0.2, 0.25) is 0 Å². The van der Waals surface area contributed by atoms with E-state index in [1.807, 2.05) is 18.2 Å². The number of ether oxygens (including phenoxy) is 1. The fraction of sp³-hybridized carbons (Fsp3) is 0.357. The predicted octanol–water partition coefficient (Wildman–Crippen LogP) is -1.00. The number of hydrogen-bond acceptors (Lipinski definition) is 2. The van der Waals surface area contributed by atoms with Crippen LogP contribution in [0.2, 0.25) is 0 Å². The maximum Gasteiger partial charge on any atom is 0.330 e. The zero-order chi connectivity index (χ0) is 12.7. The molecule has 0 atom stereocenters. The molecular weight excluding hydrogens is 233 g/mol. The summed E-state index contributed by atoms with van der Waals surface area (Å²) >= 11 is 0. The Kier molecular flexibility index (Phi) is 6.90. The molecule has 0 aromatic heterocycles. The smallest absolute Gasteiger partial charge is 0.330 e. The lowest BCUT2D eigenvalue weighted by molar-refractivity contribution is -0.903. The highest BCUT2D eigenvalue weighted by Crippen LogP contribution is 2.08. The van der Waals surface area contributed by atoms with Gasteiger partial charge in [0.15, 0.2) is 0 Å². The SMILES string of the molecule is C=CC(=O)OCC[N+](C)(C)Cc1ccccc1.[F-]. The van der Waals surface area contributed by atoms with E-state index >= 15 is 0 Å². The number of esters is 1. The first-order chi connectivity index (χ1) is 8.03. The summed E-state index contributed by atoms with van der Waals surface area (Å²) in [4.78, 5) is 10.9. The predicted molar refractivity (Wildman–Crippen MR) is 68.3 cm³/mol. The summed E-state index contributed by atoms with van der Waals surface area (Å²) in [7, 11) is 4.24. The zero-order valence-electron chi connectivity index (χ0n) is 10.9. The zero-order valence-corrected chi connectivity index (χ0v) is 10.9. The average molecular weight is 253 g/mol. The van der Waals surface area contributed by atoms with E-state index in [2.05, 4.69) is 32.8 Å². The van der Waals surface area contributed by atoms with E-state index in [0.29, 0.717) is 6.61 Å². The number of likely N-dealkylation sites (N-methyl/N-ethyl adjacent to an activating group) is 1. The maximum atomic E-state index is 10.9. The van der Waals surface area contributed by atoms with Crippen LogP contribution in [0.4, 0.5) is 0 Å². The van der Waals surface area contributed by atoms with Gasteiger partial charge in [0.05, 0.1) is 14.1 Å². The molecule has 4 heteroatoms. The van der Waals surface area contributed by atoms with E-state index in [4.69, 9.17) is 4.74 Å². The molecule has 100 valence electrons. The highest BCUT2D eigenvalue weighted by molar-refractivity contribution is 5.81. The summed E-state index contributed by atoms with van der Waals surface area (Å²) in [5.74, 6) is -0.357. The lowest BCUT2D eigenvalue weighted by atomic mass is 10.2. The van der Waals surface area contributed by atoms with Crippen molar-refractivity contribution in [3.8, 4) is 0 Å².